The summed E-state index contributed by atoms with van der Waals surface area (Å²) in [7, 11) is 0. The first kappa shape index (κ1) is 18.4. The lowest BCUT2D eigenvalue weighted by molar-refractivity contribution is -0.137. The molecule has 27 heavy (non-hydrogen) atoms. The number of rotatable bonds is 3. The summed E-state index contributed by atoms with van der Waals surface area (Å²) in [6.45, 7) is 1.83. The van der Waals surface area contributed by atoms with Gasteiger partial charge in [-0.3, -0.25) is 9.78 Å². The highest BCUT2D eigenvalue weighted by Gasteiger charge is 2.32. The van der Waals surface area contributed by atoms with E-state index >= 15 is 0 Å². The Bertz CT molecular complexity index is 1040. The van der Waals surface area contributed by atoms with Crippen LogP contribution in [0.3, 0.4) is 0 Å². The van der Waals surface area contributed by atoms with Crippen LogP contribution in [0, 0.1) is 6.92 Å². The minimum atomic E-state index is -4.49. The Balaban J connectivity index is 1.81. The van der Waals surface area contributed by atoms with E-state index in [1.54, 1.807) is 24.3 Å². The smallest absolute Gasteiger partial charge is 0.398 e. The van der Waals surface area contributed by atoms with E-state index in [4.69, 9.17) is 5.73 Å². The number of halogens is 3. The minimum Gasteiger partial charge on any atom is -0.398 e. The fourth-order valence-electron chi connectivity index (χ4n) is 2.72. The van der Waals surface area contributed by atoms with Gasteiger partial charge in [-0.25, -0.2) is 0 Å². The second-order valence-electron chi connectivity index (χ2n) is 5.99. The number of nitrogens with one attached hydrogen (secondary N) is 1. The molecule has 0 aliphatic carbocycles. The first-order chi connectivity index (χ1) is 12.7. The number of aryl methyl sites for hydroxylation is 1. The van der Waals surface area contributed by atoms with Crippen molar-refractivity contribution in [2.75, 3.05) is 11.1 Å². The zero-order valence-corrected chi connectivity index (χ0v) is 14.3. The van der Waals surface area contributed by atoms with Crippen molar-refractivity contribution < 1.29 is 18.0 Å². The van der Waals surface area contributed by atoms with E-state index in [2.05, 4.69) is 10.3 Å². The summed E-state index contributed by atoms with van der Waals surface area (Å²) in [4.78, 5) is 16.4. The number of aromatic nitrogens is 1. The molecule has 1 heterocycles. The molecule has 1 aromatic heterocycles. The normalized spacial score (nSPS) is 11.9. The van der Waals surface area contributed by atoms with Crippen LogP contribution in [0.2, 0.25) is 0 Å². The first-order valence-electron chi connectivity index (χ1n) is 8.06. The molecule has 0 spiro atoms. The quantitative estimate of drug-likeness (QED) is 0.650. The largest absolute Gasteiger partial charge is 0.416 e. The van der Waals surface area contributed by atoms with Gasteiger partial charge in [0, 0.05) is 28.5 Å². The highest BCUT2D eigenvalue weighted by Crippen LogP contribution is 2.32. The third-order valence-electron chi connectivity index (χ3n) is 3.92. The van der Waals surface area contributed by atoms with Gasteiger partial charge < -0.3 is 11.1 Å². The lowest BCUT2D eigenvalue weighted by Gasteiger charge is -2.10. The van der Waals surface area contributed by atoms with E-state index in [9.17, 15) is 18.0 Å². The Morgan fingerprint density at radius 2 is 1.89 bits per heavy atom. The van der Waals surface area contributed by atoms with E-state index in [1.165, 1.54) is 18.2 Å². The number of nitrogens with two attached hydrogens (primary N) is 1. The topological polar surface area (TPSA) is 68.0 Å². The average Bonchev–Trinajstić information content (AvgIpc) is 2.60. The maximum absolute atomic E-state index is 13.0. The summed E-state index contributed by atoms with van der Waals surface area (Å²) in [6, 6.07) is 11.8. The standard InChI is InChI=1S/C20H16F3N3O/c1-12-10-17(24)15-11-14(7-8-18(15)25-12)26-19(27)9-6-13-4-2-3-5-16(13)20(21,22)23/h2-11H,1H3,(H2,24,25)(H,26,27)/b9-6+. The monoisotopic (exact) mass is 371 g/mol. The van der Waals surface area contributed by atoms with Crippen molar-refractivity contribution in [2.45, 2.75) is 13.1 Å². The molecule has 0 aliphatic heterocycles. The fourth-order valence-corrected chi connectivity index (χ4v) is 2.72. The molecule has 3 N–H and O–H groups in total. The predicted molar refractivity (Wildman–Crippen MR) is 100 cm³/mol. The Morgan fingerprint density at radius 3 is 2.63 bits per heavy atom. The molecular formula is C20H16F3N3O. The van der Waals surface area contributed by atoms with E-state index in [-0.39, 0.29) is 5.56 Å². The van der Waals surface area contributed by atoms with Crippen LogP contribution < -0.4 is 11.1 Å². The number of nitrogen functional groups attached to an aromatic ring is 1. The van der Waals surface area contributed by atoms with Gasteiger partial charge in [-0.1, -0.05) is 18.2 Å². The number of carbonyl (C=O) groups excluding carboxylic acids is 1. The molecule has 4 nitrogen and oxygen atoms in total. The Morgan fingerprint density at radius 1 is 1.15 bits per heavy atom. The molecule has 0 saturated carbocycles. The highest BCUT2D eigenvalue weighted by atomic mass is 19.4. The molecule has 0 unspecified atom stereocenters. The Labute approximate surface area is 153 Å². The second-order valence-corrected chi connectivity index (χ2v) is 5.99. The van der Waals surface area contributed by atoms with Gasteiger partial charge in [0.1, 0.15) is 0 Å². The molecule has 1 amide bonds. The van der Waals surface area contributed by atoms with Gasteiger partial charge in [-0.2, -0.15) is 13.2 Å². The number of pyridine rings is 1. The number of fused-ring (bicyclic) bond motifs is 1. The number of amides is 1. The maximum atomic E-state index is 13.0. The summed E-state index contributed by atoms with van der Waals surface area (Å²) < 4.78 is 38.9. The third kappa shape index (κ3) is 4.25. The zero-order chi connectivity index (χ0) is 19.6. The molecule has 3 aromatic rings. The van der Waals surface area contributed by atoms with Crippen molar-refractivity contribution in [3.8, 4) is 0 Å². The lowest BCUT2D eigenvalue weighted by Crippen LogP contribution is -2.09. The number of benzene rings is 2. The van der Waals surface area contributed by atoms with Gasteiger partial charge in [0.2, 0.25) is 5.91 Å². The van der Waals surface area contributed by atoms with E-state index in [1.807, 2.05) is 6.92 Å². The van der Waals surface area contributed by atoms with E-state index in [0.29, 0.717) is 22.3 Å². The van der Waals surface area contributed by atoms with Gasteiger partial charge in [-0.15, -0.1) is 0 Å². The molecule has 0 aliphatic rings. The van der Waals surface area contributed by atoms with Crippen LogP contribution >= 0.6 is 0 Å². The van der Waals surface area contributed by atoms with Gasteiger partial charge in [-0.05, 0) is 48.9 Å². The molecule has 0 saturated heterocycles. The lowest BCUT2D eigenvalue weighted by atomic mass is 10.1. The van der Waals surface area contributed by atoms with Gasteiger partial charge >= 0.3 is 6.18 Å². The van der Waals surface area contributed by atoms with Gasteiger partial charge in [0.05, 0.1) is 11.1 Å². The second kappa shape index (κ2) is 7.11. The van der Waals surface area contributed by atoms with Gasteiger partial charge in [0.25, 0.3) is 0 Å². The first-order valence-corrected chi connectivity index (χ1v) is 8.06. The van der Waals surface area contributed by atoms with Crippen LogP contribution in [0.25, 0.3) is 17.0 Å². The molecule has 3 rings (SSSR count). The molecule has 0 bridgehead atoms. The van der Waals surface area contributed by atoms with Crippen LogP contribution in [-0.4, -0.2) is 10.9 Å². The highest BCUT2D eigenvalue weighted by molar-refractivity contribution is 6.03. The molecule has 0 fully saturated rings. The number of hydrogen-bond acceptors (Lipinski definition) is 3. The van der Waals surface area contributed by atoms with E-state index in [0.717, 1.165) is 23.9 Å². The van der Waals surface area contributed by atoms with Crippen LogP contribution in [0.15, 0.2) is 54.6 Å². The Hall–Kier alpha value is -3.35. The van der Waals surface area contributed by atoms with Gasteiger partial charge in [0.15, 0.2) is 0 Å². The van der Waals surface area contributed by atoms with Crippen LogP contribution in [0.5, 0.6) is 0 Å². The SMILES string of the molecule is Cc1cc(N)c2cc(NC(=O)/C=C/c3ccccc3C(F)(F)F)ccc2n1. The van der Waals surface area contributed by atoms with Crippen molar-refractivity contribution in [1.82, 2.24) is 4.98 Å². The van der Waals surface area contributed by atoms with Crippen molar-refractivity contribution in [3.05, 3.63) is 71.4 Å². The van der Waals surface area contributed by atoms with Crippen LogP contribution in [0.1, 0.15) is 16.8 Å². The summed E-state index contributed by atoms with van der Waals surface area (Å²) in [5, 5.41) is 3.30. The molecular weight excluding hydrogens is 355 g/mol. The summed E-state index contributed by atoms with van der Waals surface area (Å²) in [5.41, 5.74) is 7.57. The number of anilines is 2. The number of hydrogen-bond donors (Lipinski definition) is 2. The zero-order valence-electron chi connectivity index (χ0n) is 14.3. The van der Waals surface area contributed by atoms with Crippen LogP contribution in [-0.2, 0) is 11.0 Å². The molecule has 2 aromatic carbocycles. The number of nitrogens with zero attached hydrogens (tertiary/aromatic N) is 1. The summed E-state index contributed by atoms with van der Waals surface area (Å²) in [5.74, 6) is -0.551. The summed E-state index contributed by atoms with van der Waals surface area (Å²) >= 11 is 0. The molecule has 138 valence electrons. The molecule has 0 atom stereocenters. The fraction of sp³-hybridized carbons (Fsp3) is 0.100. The third-order valence-corrected chi connectivity index (χ3v) is 3.92. The maximum Gasteiger partial charge on any atom is 0.416 e. The molecule has 7 heteroatoms. The average molecular weight is 371 g/mol. The molecule has 0 radical (unpaired) electrons. The van der Waals surface area contributed by atoms with Crippen LogP contribution in [0.4, 0.5) is 24.5 Å². The number of carbonyl (C=O) groups is 1. The minimum absolute atomic E-state index is 0.0809. The van der Waals surface area contributed by atoms with Crippen molar-refractivity contribution in [1.29, 1.82) is 0 Å². The predicted octanol–water partition coefficient (Wildman–Crippen LogP) is 4.80. The van der Waals surface area contributed by atoms with Crippen molar-refractivity contribution >= 4 is 34.3 Å². The number of alkyl halides is 3. The summed E-state index contributed by atoms with van der Waals surface area (Å²) in [6.07, 6.45) is -2.29. The van der Waals surface area contributed by atoms with Crippen molar-refractivity contribution in [3.63, 3.8) is 0 Å². The van der Waals surface area contributed by atoms with Crippen molar-refractivity contribution in [2.24, 2.45) is 0 Å². The van der Waals surface area contributed by atoms with E-state index < -0.39 is 17.6 Å². The Kier molecular flexibility index (Phi) is 4.85.